The Morgan fingerprint density at radius 3 is 2.41 bits per heavy atom. The maximum Gasteiger partial charge on any atom is 0.161 e. The Hall–Kier alpha value is -2.72. The minimum atomic E-state index is 0.361. The van der Waals surface area contributed by atoms with Gasteiger partial charge in [-0.1, -0.05) is 36.4 Å². The van der Waals surface area contributed by atoms with Crippen molar-refractivity contribution in [2.45, 2.75) is 25.3 Å². The van der Waals surface area contributed by atoms with Crippen molar-refractivity contribution in [1.82, 2.24) is 5.32 Å². The van der Waals surface area contributed by atoms with Gasteiger partial charge in [-0.05, 0) is 54.8 Å². The second-order valence-electron chi connectivity index (χ2n) is 6.56. The first-order valence-electron chi connectivity index (χ1n) is 9.29. The smallest absolute Gasteiger partial charge is 0.161 e. The highest BCUT2D eigenvalue weighted by atomic mass is 16.5. The molecule has 4 nitrogen and oxygen atoms in total. The second-order valence-corrected chi connectivity index (χ2v) is 6.56. The van der Waals surface area contributed by atoms with E-state index in [-0.39, 0.29) is 0 Å². The van der Waals surface area contributed by atoms with Gasteiger partial charge >= 0.3 is 0 Å². The monoisotopic (exact) mass is 365 g/mol. The number of hydrogen-bond donors (Lipinski definition) is 1. The first-order chi connectivity index (χ1) is 13.3. The lowest BCUT2D eigenvalue weighted by Crippen LogP contribution is -2.18. The predicted molar refractivity (Wildman–Crippen MR) is 107 cm³/mol. The molecule has 27 heavy (non-hydrogen) atoms. The van der Waals surface area contributed by atoms with Crippen molar-refractivity contribution in [1.29, 1.82) is 0 Å². The summed E-state index contributed by atoms with van der Waals surface area (Å²) >= 11 is 0. The zero-order chi connectivity index (χ0) is 18.9. The van der Waals surface area contributed by atoms with Gasteiger partial charge in [-0.15, -0.1) is 0 Å². The maximum atomic E-state index is 5.68. The second kappa shape index (κ2) is 9.83. The van der Waals surface area contributed by atoms with Crippen LogP contribution in [0.2, 0.25) is 0 Å². The number of hydrogen-bond acceptors (Lipinski definition) is 4. The van der Waals surface area contributed by atoms with E-state index >= 15 is 0 Å². The first kappa shape index (κ1) is 19.1. The van der Waals surface area contributed by atoms with Gasteiger partial charge in [0.2, 0.25) is 0 Å². The van der Waals surface area contributed by atoms with Crippen molar-refractivity contribution >= 4 is 0 Å². The topological polar surface area (TPSA) is 43.6 Å². The summed E-state index contributed by atoms with van der Waals surface area (Å²) in [4.78, 5) is 0. The molecule has 3 rings (SSSR count). The van der Waals surface area contributed by atoms with Gasteiger partial charge in [0.05, 0.1) is 20.5 Å². The van der Waals surface area contributed by atoms with Crippen LogP contribution >= 0.6 is 0 Å². The minimum absolute atomic E-state index is 0.361. The van der Waals surface area contributed by atoms with Gasteiger partial charge < -0.3 is 19.2 Å². The van der Waals surface area contributed by atoms with E-state index in [0.717, 1.165) is 43.2 Å². The Morgan fingerprint density at radius 1 is 0.889 bits per heavy atom. The molecule has 0 fully saturated rings. The van der Waals surface area contributed by atoms with E-state index in [9.17, 15) is 0 Å². The fourth-order valence-electron chi connectivity index (χ4n) is 3.27. The zero-order valence-corrected chi connectivity index (χ0v) is 16.0. The van der Waals surface area contributed by atoms with Gasteiger partial charge in [-0.25, -0.2) is 0 Å². The molecular weight excluding hydrogens is 338 g/mol. The molecule has 0 aliphatic carbocycles. The summed E-state index contributed by atoms with van der Waals surface area (Å²) in [6.07, 6.45) is 3.74. The van der Waals surface area contributed by atoms with Crippen molar-refractivity contribution in [3.05, 3.63) is 83.8 Å². The third kappa shape index (κ3) is 5.38. The van der Waals surface area contributed by atoms with Gasteiger partial charge in [0, 0.05) is 12.5 Å². The van der Waals surface area contributed by atoms with Crippen LogP contribution in [-0.4, -0.2) is 20.8 Å². The minimum Gasteiger partial charge on any atom is -0.493 e. The molecule has 3 aromatic rings. The number of nitrogens with one attached hydrogen (secondary N) is 1. The zero-order valence-electron chi connectivity index (χ0n) is 16.0. The highest BCUT2D eigenvalue weighted by Crippen LogP contribution is 2.28. The molecule has 0 bridgehead atoms. The Labute approximate surface area is 161 Å². The standard InChI is InChI=1S/C23H27NO3/c1-25-22-11-10-19(16-23(22)26-2)17-24-13-12-20(21-9-6-14-27-21)15-18-7-4-3-5-8-18/h3-11,14,16,20,24H,12-13,15,17H2,1-2H3/t20-/m0/s1. The van der Waals surface area contributed by atoms with E-state index in [4.69, 9.17) is 13.9 Å². The molecule has 0 spiro atoms. The number of rotatable bonds is 10. The highest BCUT2D eigenvalue weighted by molar-refractivity contribution is 5.42. The summed E-state index contributed by atoms with van der Waals surface area (Å²) < 4.78 is 16.3. The molecule has 1 N–H and O–H groups in total. The molecule has 1 atom stereocenters. The Bertz CT molecular complexity index is 800. The van der Waals surface area contributed by atoms with E-state index in [1.165, 1.54) is 11.1 Å². The van der Waals surface area contributed by atoms with Crippen LogP contribution in [0.3, 0.4) is 0 Å². The van der Waals surface area contributed by atoms with E-state index in [0.29, 0.717) is 5.92 Å². The normalized spacial score (nSPS) is 11.9. The van der Waals surface area contributed by atoms with Crippen LogP contribution in [0.1, 0.15) is 29.2 Å². The molecular formula is C23H27NO3. The first-order valence-corrected chi connectivity index (χ1v) is 9.29. The molecule has 0 unspecified atom stereocenters. The van der Waals surface area contributed by atoms with E-state index in [2.05, 4.69) is 47.8 Å². The van der Waals surface area contributed by atoms with E-state index in [1.54, 1.807) is 20.5 Å². The van der Waals surface area contributed by atoms with Crippen molar-refractivity contribution in [3.63, 3.8) is 0 Å². The summed E-state index contributed by atoms with van der Waals surface area (Å²) in [6, 6.07) is 20.6. The largest absolute Gasteiger partial charge is 0.493 e. The summed E-state index contributed by atoms with van der Waals surface area (Å²) in [6.45, 7) is 1.70. The molecule has 0 saturated carbocycles. The number of benzene rings is 2. The fourth-order valence-corrected chi connectivity index (χ4v) is 3.27. The van der Waals surface area contributed by atoms with Crippen LogP contribution < -0.4 is 14.8 Å². The molecule has 4 heteroatoms. The average Bonchev–Trinajstić information content (AvgIpc) is 3.25. The summed E-state index contributed by atoms with van der Waals surface area (Å²) in [5.74, 6) is 2.92. The predicted octanol–water partition coefficient (Wildman–Crippen LogP) is 4.80. The van der Waals surface area contributed by atoms with Crippen LogP contribution in [0.25, 0.3) is 0 Å². The Morgan fingerprint density at radius 2 is 1.70 bits per heavy atom. The van der Waals surface area contributed by atoms with Crippen LogP contribution in [0.4, 0.5) is 0 Å². The van der Waals surface area contributed by atoms with Gasteiger partial charge in [-0.3, -0.25) is 0 Å². The third-order valence-electron chi connectivity index (χ3n) is 4.72. The maximum absolute atomic E-state index is 5.68. The molecule has 0 radical (unpaired) electrons. The molecule has 0 saturated heterocycles. The van der Waals surface area contributed by atoms with Gasteiger partial charge in [0.1, 0.15) is 5.76 Å². The lowest BCUT2D eigenvalue weighted by molar-refractivity contribution is 0.354. The highest BCUT2D eigenvalue weighted by Gasteiger charge is 2.15. The quantitative estimate of drug-likeness (QED) is 0.524. The van der Waals surface area contributed by atoms with Crippen molar-refractivity contribution in [2.75, 3.05) is 20.8 Å². The van der Waals surface area contributed by atoms with Crippen molar-refractivity contribution in [3.8, 4) is 11.5 Å². The SMILES string of the molecule is COc1ccc(CNCC[C@@H](Cc2ccccc2)c2ccco2)cc1OC. The summed E-state index contributed by atoms with van der Waals surface area (Å²) in [5, 5.41) is 3.53. The van der Waals surface area contributed by atoms with Crippen LogP contribution in [0, 0.1) is 0 Å². The molecule has 0 aliphatic rings. The lowest BCUT2D eigenvalue weighted by atomic mass is 9.94. The summed E-state index contributed by atoms with van der Waals surface area (Å²) in [7, 11) is 3.31. The van der Waals surface area contributed by atoms with E-state index < -0.39 is 0 Å². The molecule has 2 aromatic carbocycles. The van der Waals surface area contributed by atoms with E-state index in [1.807, 2.05) is 18.2 Å². The number of methoxy groups -OCH3 is 2. The van der Waals surface area contributed by atoms with Crippen molar-refractivity contribution < 1.29 is 13.9 Å². The summed E-state index contributed by atoms with van der Waals surface area (Å²) in [5.41, 5.74) is 2.50. The Balaban J connectivity index is 1.55. The third-order valence-corrected chi connectivity index (χ3v) is 4.72. The molecule has 142 valence electrons. The number of ether oxygens (including phenoxy) is 2. The van der Waals surface area contributed by atoms with Crippen LogP contribution in [0.15, 0.2) is 71.3 Å². The van der Waals surface area contributed by atoms with Gasteiger partial charge in [0.25, 0.3) is 0 Å². The molecule has 1 aromatic heterocycles. The van der Waals surface area contributed by atoms with Gasteiger partial charge in [-0.2, -0.15) is 0 Å². The lowest BCUT2D eigenvalue weighted by Gasteiger charge is -2.16. The average molecular weight is 365 g/mol. The van der Waals surface area contributed by atoms with Crippen molar-refractivity contribution in [2.24, 2.45) is 0 Å². The Kier molecular flexibility index (Phi) is 6.94. The molecule has 0 aliphatic heterocycles. The number of furan rings is 1. The van der Waals surface area contributed by atoms with Gasteiger partial charge in [0.15, 0.2) is 11.5 Å². The molecule has 1 heterocycles. The fraction of sp³-hybridized carbons (Fsp3) is 0.304. The molecule has 0 amide bonds. The van der Waals surface area contributed by atoms with Crippen LogP contribution in [0.5, 0.6) is 11.5 Å². The van der Waals surface area contributed by atoms with Crippen LogP contribution in [-0.2, 0) is 13.0 Å².